The second kappa shape index (κ2) is 9.03. The summed E-state index contributed by atoms with van der Waals surface area (Å²) in [5, 5.41) is 3.26. The van der Waals surface area contributed by atoms with Gasteiger partial charge >= 0.3 is 0 Å². The molecule has 1 aromatic rings. The van der Waals surface area contributed by atoms with Crippen molar-refractivity contribution in [3.63, 3.8) is 0 Å². The van der Waals surface area contributed by atoms with Gasteiger partial charge in [0.1, 0.15) is 10.6 Å². The molecule has 2 heterocycles. The first-order valence-electron chi connectivity index (χ1n) is 8.72. The molecule has 0 bridgehead atoms. The Morgan fingerprint density at radius 1 is 1.08 bits per heavy atom. The topological polar surface area (TPSA) is 79.0 Å². The van der Waals surface area contributed by atoms with Crippen LogP contribution in [0.5, 0.6) is 5.75 Å². The monoisotopic (exact) mass is 403 g/mol. The molecule has 2 fully saturated rings. The molecule has 2 aliphatic heterocycles. The van der Waals surface area contributed by atoms with Crippen molar-refractivity contribution >= 4 is 28.3 Å². The van der Waals surface area contributed by atoms with Crippen LogP contribution in [0.4, 0.5) is 0 Å². The average Bonchev–Trinajstić information content (AvgIpc) is 3.04. The number of nitrogens with zero attached hydrogens (tertiary/aromatic N) is 2. The molecular weight excluding hydrogens is 378 g/mol. The SMILES string of the molecule is COc1ccc(C(=O)N2CCCNCC2)cc1S(=O)(=O)N1CCCC1.Cl. The quantitative estimate of drug-likeness (QED) is 0.820. The van der Waals surface area contributed by atoms with Gasteiger partial charge < -0.3 is 15.0 Å². The minimum atomic E-state index is -3.65. The van der Waals surface area contributed by atoms with E-state index in [-0.39, 0.29) is 29.0 Å². The molecule has 0 saturated carbocycles. The molecule has 9 heteroatoms. The summed E-state index contributed by atoms with van der Waals surface area (Å²) in [6, 6.07) is 4.68. The number of benzene rings is 1. The van der Waals surface area contributed by atoms with Gasteiger partial charge in [-0.2, -0.15) is 4.31 Å². The summed E-state index contributed by atoms with van der Waals surface area (Å²) in [5.41, 5.74) is 0.389. The number of sulfonamides is 1. The van der Waals surface area contributed by atoms with E-state index in [9.17, 15) is 13.2 Å². The summed E-state index contributed by atoms with van der Waals surface area (Å²) < 4.78 is 32.6. The van der Waals surface area contributed by atoms with Crippen LogP contribution in [0.1, 0.15) is 29.6 Å². The second-order valence-corrected chi connectivity index (χ2v) is 8.28. The minimum absolute atomic E-state index is 0. The fraction of sp³-hybridized carbons (Fsp3) is 0.588. The van der Waals surface area contributed by atoms with Crippen molar-refractivity contribution < 1.29 is 17.9 Å². The number of methoxy groups -OCH3 is 1. The van der Waals surface area contributed by atoms with Crippen molar-refractivity contribution in [1.82, 2.24) is 14.5 Å². The van der Waals surface area contributed by atoms with E-state index in [0.29, 0.717) is 31.7 Å². The van der Waals surface area contributed by atoms with Gasteiger partial charge in [0, 0.05) is 38.3 Å². The molecule has 2 saturated heterocycles. The molecule has 0 aliphatic carbocycles. The van der Waals surface area contributed by atoms with Crippen molar-refractivity contribution in [2.24, 2.45) is 0 Å². The summed E-state index contributed by atoms with van der Waals surface area (Å²) in [5.74, 6) is 0.144. The highest BCUT2D eigenvalue weighted by atomic mass is 35.5. The average molecular weight is 404 g/mol. The molecule has 26 heavy (non-hydrogen) atoms. The number of rotatable bonds is 4. The van der Waals surface area contributed by atoms with E-state index in [1.54, 1.807) is 17.0 Å². The summed E-state index contributed by atoms with van der Waals surface area (Å²) in [6.45, 7) is 3.97. The summed E-state index contributed by atoms with van der Waals surface area (Å²) in [4.78, 5) is 14.7. The maximum atomic E-state index is 12.9. The lowest BCUT2D eigenvalue weighted by Crippen LogP contribution is -2.34. The molecule has 1 N–H and O–H groups in total. The van der Waals surface area contributed by atoms with Crippen LogP contribution in [-0.4, -0.2) is 69.9 Å². The van der Waals surface area contributed by atoms with E-state index in [2.05, 4.69) is 5.32 Å². The normalized spacial score (nSPS) is 18.9. The van der Waals surface area contributed by atoms with Gasteiger partial charge in [-0.3, -0.25) is 4.79 Å². The Bertz CT molecular complexity index is 728. The summed E-state index contributed by atoms with van der Waals surface area (Å²) in [6.07, 6.45) is 2.61. The van der Waals surface area contributed by atoms with Crippen LogP contribution in [0, 0.1) is 0 Å². The third kappa shape index (κ3) is 4.31. The predicted octanol–water partition coefficient (Wildman–Crippen LogP) is 1.34. The van der Waals surface area contributed by atoms with Crippen molar-refractivity contribution in [2.45, 2.75) is 24.2 Å². The number of hydrogen-bond donors (Lipinski definition) is 1. The lowest BCUT2D eigenvalue weighted by Gasteiger charge is -2.22. The smallest absolute Gasteiger partial charge is 0.253 e. The van der Waals surface area contributed by atoms with Crippen LogP contribution < -0.4 is 10.1 Å². The summed E-state index contributed by atoms with van der Waals surface area (Å²) >= 11 is 0. The fourth-order valence-corrected chi connectivity index (χ4v) is 5.01. The maximum Gasteiger partial charge on any atom is 0.253 e. The fourth-order valence-electron chi connectivity index (χ4n) is 3.31. The van der Waals surface area contributed by atoms with Crippen molar-refractivity contribution in [3.8, 4) is 5.75 Å². The zero-order chi connectivity index (χ0) is 17.9. The lowest BCUT2D eigenvalue weighted by atomic mass is 10.2. The Morgan fingerprint density at radius 3 is 2.50 bits per heavy atom. The molecular formula is C17H26ClN3O4S. The molecule has 0 aromatic heterocycles. The molecule has 1 aromatic carbocycles. The Kier molecular flexibility index (Phi) is 7.28. The molecule has 2 aliphatic rings. The Hall–Kier alpha value is -1.35. The van der Waals surface area contributed by atoms with Crippen LogP contribution >= 0.6 is 12.4 Å². The van der Waals surface area contributed by atoms with Gasteiger partial charge in [-0.05, 0) is 44.0 Å². The van der Waals surface area contributed by atoms with Crippen molar-refractivity contribution in [2.75, 3.05) is 46.4 Å². The maximum absolute atomic E-state index is 12.9. The van der Waals surface area contributed by atoms with E-state index in [0.717, 1.165) is 32.4 Å². The van der Waals surface area contributed by atoms with Gasteiger partial charge in [0.05, 0.1) is 7.11 Å². The number of carbonyl (C=O) groups is 1. The van der Waals surface area contributed by atoms with Gasteiger partial charge in [0.2, 0.25) is 10.0 Å². The van der Waals surface area contributed by atoms with Crippen molar-refractivity contribution in [1.29, 1.82) is 0 Å². The van der Waals surface area contributed by atoms with E-state index in [4.69, 9.17) is 4.74 Å². The first-order valence-corrected chi connectivity index (χ1v) is 10.2. The first kappa shape index (κ1) is 21.0. The van der Waals surface area contributed by atoms with Crippen LogP contribution in [-0.2, 0) is 10.0 Å². The highest BCUT2D eigenvalue weighted by Gasteiger charge is 2.31. The van der Waals surface area contributed by atoms with Gasteiger partial charge in [-0.1, -0.05) is 0 Å². The van der Waals surface area contributed by atoms with Crippen LogP contribution in [0.25, 0.3) is 0 Å². The molecule has 146 valence electrons. The Balaban J connectivity index is 0.00000243. The third-order valence-electron chi connectivity index (χ3n) is 4.72. The molecule has 0 atom stereocenters. The number of ether oxygens (including phenoxy) is 1. The largest absolute Gasteiger partial charge is 0.495 e. The van der Waals surface area contributed by atoms with E-state index < -0.39 is 10.0 Å². The van der Waals surface area contributed by atoms with Gasteiger partial charge in [-0.15, -0.1) is 12.4 Å². The highest BCUT2D eigenvalue weighted by Crippen LogP contribution is 2.30. The molecule has 7 nitrogen and oxygen atoms in total. The third-order valence-corrected chi connectivity index (χ3v) is 6.64. The standard InChI is InChI=1S/C17H25N3O4S.ClH/c1-24-15-6-5-14(17(21)19-9-4-7-18-8-12-19)13-16(15)25(22,23)20-10-2-3-11-20;/h5-6,13,18H,2-4,7-12H2,1H3;1H. The highest BCUT2D eigenvalue weighted by molar-refractivity contribution is 7.89. The molecule has 3 rings (SSSR count). The van der Waals surface area contributed by atoms with E-state index in [1.807, 2.05) is 0 Å². The van der Waals surface area contributed by atoms with Crippen LogP contribution in [0.2, 0.25) is 0 Å². The zero-order valence-corrected chi connectivity index (χ0v) is 16.6. The molecule has 0 unspecified atom stereocenters. The minimum Gasteiger partial charge on any atom is -0.495 e. The number of amides is 1. The molecule has 0 radical (unpaired) electrons. The predicted molar refractivity (Wildman–Crippen MR) is 102 cm³/mol. The van der Waals surface area contributed by atoms with E-state index >= 15 is 0 Å². The van der Waals surface area contributed by atoms with Crippen LogP contribution in [0.3, 0.4) is 0 Å². The van der Waals surface area contributed by atoms with E-state index in [1.165, 1.54) is 17.5 Å². The van der Waals surface area contributed by atoms with Gasteiger partial charge in [-0.25, -0.2) is 8.42 Å². The number of nitrogens with one attached hydrogen (secondary N) is 1. The molecule has 1 amide bonds. The zero-order valence-electron chi connectivity index (χ0n) is 14.9. The first-order chi connectivity index (χ1) is 12.0. The number of hydrogen-bond acceptors (Lipinski definition) is 5. The van der Waals surface area contributed by atoms with Gasteiger partial charge in [0.15, 0.2) is 0 Å². The number of halogens is 1. The Labute approximate surface area is 161 Å². The van der Waals surface area contributed by atoms with Crippen LogP contribution in [0.15, 0.2) is 23.1 Å². The number of carbonyl (C=O) groups excluding carboxylic acids is 1. The van der Waals surface area contributed by atoms with Crippen molar-refractivity contribution in [3.05, 3.63) is 23.8 Å². The molecule has 0 spiro atoms. The Morgan fingerprint density at radius 2 is 1.81 bits per heavy atom. The van der Waals surface area contributed by atoms with Gasteiger partial charge in [0.25, 0.3) is 5.91 Å². The lowest BCUT2D eigenvalue weighted by molar-refractivity contribution is 0.0766. The summed E-state index contributed by atoms with van der Waals surface area (Å²) in [7, 11) is -2.21. The second-order valence-electron chi connectivity index (χ2n) is 6.37.